The van der Waals surface area contributed by atoms with E-state index in [9.17, 15) is 17.8 Å². The van der Waals surface area contributed by atoms with E-state index in [2.05, 4.69) is 20.5 Å². The molecule has 3 rings (SSSR count). The second kappa shape index (κ2) is 12.5. The minimum atomic E-state index is -2.84. The lowest BCUT2D eigenvalue weighted by Gasteiger charge is -2.32. The van der Waals surface area contributed by atoms with Gasteiger partial charge in [0.15, 0.2) is 11.2 Å². The number of aromatic nitrogens is 3. The molecule has 0 fully saturated rings. The maximum absolute atomic E-state index is 13.8. The lowest BCUT2D eigenvalue weighted by Crippen LogP contribution is -2.46. The smallest absolute Gasteiger partial charge is 0.314 e. The number of anilines is 1. The Labute approximate surface area is 205 Å². The summed E-state index contributed by atoms with van der Waals surface area (Å²) in [5.41, 5.74) is 1.98. The van der Waals surface area contributed by atoms with Crippen LogP contribution in [0.2, 0.25) is 0 Å². The Morgan fingerprint density at radius 2 is 1.86 bits per heavy atom. The molecule has 0 spiro atoms. The van der Waals surface area contributed by atoms with Crippen LogP contribution in [0.25, 0.3) is 11.5 Å². The highest BCUT2D eigenvalue weighted by molar-refractivity contribution is 7.84. The normalized spacial score (nSPS) is 13.3. The van der Waals surface area contributed by atoms with Crippen LogP contribution in [0.15, 0.2) is 53.2 Å². The number of halogens is 2. The minimum Gasteiger partial charge on any atom is -0.415 e. The Bertz CT molecular complexity index is 1100. The van der Waals surface area contributed by atoms with Crippen LogP contribution in [0.1, 0.15) is 38.7 Å². The van der Waals surface area contributed by atoms with Crippen molar-refractivity contribution in [3.8, 4) is 11.5 Å². The number of nitrogens with zero attached hydrogens (tertiary/aromatic N) is 5. The molecular weight excluding hydrogens is 478 g/mol. The van der Waals surface area contributed by atoms with Gasteiger partial charge in [-0.25, -0.2) is 8.51 Å². The molecule has 2 atom stereocenters. The third-order valence-electron chi connectivity index (χ3n) is 4.90. The van der Waals surface area contributed by atoms with Gasteiger partial charge >= 0.3 is 6.43 Å². The lowest BCUT2D eigenvalue weighted by atomic mass is 10.1. The monoisotopic (exact) mass is 506 g/mol. The molecule has 1 aromatic carbocycles. The molecule has 2 heterocycles. The molecule has 0 aliphatic rings. The maximum Gasteiger partial charge on any atom is 0.314 e. The van der Waals surface area contributed by atoms with Crippen LogP contribution in [0, 0.1) is 5.92 Å². The van der Waals surface area contributed by atoms with Gasteiger partial charge in [0.2, 0.25) is 12.3 Å². The van der Waals surface area contributed by atoms with Crippen LogP contribution < -0.4 is 9.62 Å². The molecule has 1 N–H and O–H groups in total. The highest BCUT2D eigenvalue weighted by Crippen LogP contribution is 2.25. The summed E-state index contributed by atoms with van der Waals surface area (Å²) in [5.74, 6) is -0.491. The van der Waals surface area contributed by atoms with Crippen LogP contribution >= 0.6 is 0 Å². The minimum absolute atomic E-state index is 0.000633. The number of nitrogens with one attached hydrogen (secondary N) is 1. The van der Waals surface area contributed by atoms with Crippen molar-refractivity contribution in [1.82, 2.24) is 24.8 Å². The lowest BCUT2D eigenvalue weighted by molar-refractivity contribution is -0.110. The van der Waals surface area contributed by atoms with Crippen molar-refractivity contribution in [3.05, 3.63) is 60.2 Å². The maximum atomic E-state index is 13.8. The van der Waals surface area contributed by atoms with Crippen molar-refractivity contribution in [3.63, 3.8) is 0 Å². The average Bonchev–Trinajstić information content (AvgIpc) is 3.33. The Hall–Kier alpha value is -3.25. The highest BCUT2D eigenvalue weighted by atomic mass is 32.2. The summed E-state index contributed by atoms with van der Waals surface area (Å²) in [7, 11) is 0. The molecule has 0 aliphatic carbocycles. The summed E-state index contributed by atoms with van der Waals surface area (Å²) in [6.45, 7) is 7.15. The number of hydrogen-bond acceptors (Lipinski definition) is 6. The van der Waals surface area contributed by atoms with Crippen LogP contribution in [0.4, 0.5) is 14.5 Å². The van der Waals surface area contributed by atoms with E-state index >= 15 is 0 Å². The van der Waals surface area contributed by atoms with E-state index in [4.69, 9.17) is 4.42 Å². The predicted octanol–water partition coefficient (Wildman–Crippen LogP) is 3.75. The van der Waals surface area contributed by atoms with Crippen LogP contribution in [0.3, 0.4) is 0 Å². The Balaban J connectivity index is 1.85. The molecule has 1 amide bonds. The fraction of sp³-hybridized carbons (Fsp3) is 0.391. The second-order valence-corrected chi connectivity index (χ2v) is 9.77. The van der Waals surface area contributed by atoms with Crippen LogP contribution in [-0.2, 0) is 22.5 Å². The van der Waals surface area contributed by atoms with E-state index < -0.39 is 23.5 Å². The zero-order valence-electron chi connectivity index (χ0n) is 19.7. The number of alkyl halides is 2. The fourth-order valence-corrected chi connectivity index (χ4v) is 4.92. The van der Waals surface area contributed by atoms with E-state index in [0.29, 0.717) is 30.8 Å². The first kappa shape index (κ1) is 26.4. The number of hydrogen-bond donors (Lipinski definition) is 1. The molecular formula is C23H28F2N6O3S. The predicted molar refractivity (Wildman–Crippen MR) is 128 cm³/mol. The van der Waals surface area contributed by atoms with Gasteiger partial charge in [-0.3, -0.25) is 14.1 Å². The summed E-state index contributed by atoms with van der Waals surface area (Å²) in [6.07, 6.45) is 1.07. The Kier molecular flexibility index (Phi) is 9.38. The van der Waals surface area contributed by atoms with Gasteiger partial charge in [0.1, 0.15) is 0 Å². The summed E-state index contributed by atoms with van der Waals surface area (Å²) in [5, 5.41) is 9.73. The molecule has 0 radical (unpaired) electrons. The fourth-order valence-electron chi connectivity index (χ4n) is 3.32. The number of amides is 1. The third-order valence-corrected chi connectivity index (χ3v) is 6.35. The largest absolute Gasteiger partial charge is 0.415 e. The van der Waals surface area contributed by atoms with Gasteiger partial charge in [0, 0.05) is 30.9 Å². The first-order valence-corrected chi connectivity index (χ1v) is 12.1. The standard InChI is InChI=1S/C23H28F2N6O3S/c1-16(2)12-30(13-17(3)27-15-32)35(33)31(20-5-4-10-26-11-20)14-18-6-8-19(9-7-18)22-28-29-23(34-22)21(24)25/h4-11,15-17,21H,12-14H2,1-3H3,(H,27,32). The van der Waals surface area contributed by atoms with Crippen molar-refractivity contribution < 1.29 is 22.2 Å². The summed E-state index contributed by atoms with van der Waals surface area (Å²) < 4.78 is 47.8. The molecule has 9 nitrogen and oxygen atoms in total. The van der Waals surface area contributed by atoms with Gasteiger partial charge in [-0.2, -0.15) is 8.78 Å². The Morgan fingerprint density at radius 3 is 2.43 bits per heavy atom. The van der Waals surface area contributed by atoms with Gasteiger partial charge in [0.25, 0.3) is 5.89 Å². The van der Waals surface area contributed by atoms with Crippen LogP contribution in [0.5, 0.6) is 0 Å². The van der Waals surface area contributed by atoms with Gasteiger partial charge in [-0.05, 0) is 42.7 Å². The first-order valence-electron chi connectivity index (χ1n) is 11.0. The number of pyridine rings is 1. The van der Waals surface area contributed by atoms with Gasteiger partial charge in [-0.1, -0.05) is 26.0 Å². The summed E-state index contributed by atoms with van der Waals surface area (Å²) in [6, 6.07) is 10.3. The van der Waals surface area contributed by atoms with Crippen molar-refractivity contribution in [2.75, 3.05) is 17.4 Å². The summed E-state index contributed by atoms with van der Waals surface area (Å²) in [4.78, 5) is 15.0. The highest BCUT2D eigenvalue weighted by Gasteiger charge is 2.25. The molecule has 2 aromatic heterocycles. The zero-order chi connectivity index (χ0) is 25.4. The summed E-state index contributed by atoms with van der Waals surface area (Å²) >= 11 is -1.59. The van der Waals surface area contributed by atoms with Gasteiger partial charge < -0.3 is 9.73 Å². The average molecular weight is 507 g/mol. The third kappa shape index (κ3) is 7.36. The van der Waals surface area contributed by atoms with Crippen molar-refractivity contribution >= 4 is 23.3 Å². The number of benzene rings is 1. The molecule has 0 aliphatic heterocycles. The van der Waals surface area contributed by atoms with E-state index in [0.717, 1.165) is 5.56 Å². The molecule has 0 saturated carbocycles. The van der Waals surface area contributed by atoms with Crippen molar-refractivity contribution in [2.24, 2.45) is 5.92 Å². The number of rotatable bonds is 13. The molecule has 35 heavy (non-hydrogen) atoms. The van der Waals surface area contributed by atoms with E-state index in [-0.39, 0.29) is 24.4 Å². The molecule has 0 saturated heterocycles. The van der Waals surface area contributed by atoms with Crippen molar-refractivity contribution in [2.45, 2.75) is 39.8 Å². The molecule has 12 heteroatoms. The number of carbonyl (C=O) groups is 1. The van der Waals surface area contributed by atoms with Crippen molar-refractivity contribution in [1.29, 1.82) is 0 Å². The topological polar surface area (TPSA) is 104 Å². The van der Waals surface area contributed by atoms with E-state index in [1.807, 2.05) is 31.1 Å². The molecule has 3 aromatic rings. The molecule has 2 unspecified atom stereocenters. The van der Waals surface area contributed by atoms with E-state index in [1.165, 1.54) is 0 Å². The second-order valence-electron chi connectivity index (χ2n) is 8.35. The van der Waals surface area contributed by atoms with Gasteiger partial charge in [-0.15, -0.1) is 10.2 Å². The SMILES string of the molecule is CC(C)CN(CC(C)NC=O)S(=O)N(Cc1ccc(-c2nnc(C(F)F)o2)cc1)c1cccnc1. The van der Waals surface area contributed by atoms with E-state index in [1.54, 1.807) is 47.0 Å². The van der Waals surface area contributed by atoms with Crippen LogP contribution in [-0.4, -0.2) is 49.2 Å². The number of carbonyl (C=O) groups excluding carboxylic acids is 1. The zero-order valence-corrected chi connectivity index (χ0v) is 20.5. The van der Waals surface area contributed by atoms with Gasteiger partial charge in [0.05, 0.1) is 18.4 Å². The molecule has 188 valence electrons. The Morgan fingerprint density at radius 1 is 1.11 bits per heavy atom. The first-order chi connectivity index (χ1) is 16.8. The quantitative estimate of drug-likeness (QED) is 0.354. The molecule has 0 bridgehead atoms.